The highest BCUT2D eigenvalue weighted by molar-refractivity contribution is 5.35. The summed E-state index contributed by atoms with van der Waals surface area (Å²) in [6.07, 6.45) is 1.76. The van der Waals surface area contributed by atoms with E-state index in [2.05, 4.69) is 43.2 Å². The van der Waals surface area contributed by atoms with E-state index >= 15 is 0 Å². The van der Waals surface area contributed by atoms with E-state index in [0.29, 0.717) is 11.8 Å². The van der Waals surface area contributed by atoms with Crippen molar-refractivity contribution in [2.75, 3.05) is 6.54 Å². The minimum atomic E-state index is 0.489. The fourth-order valence-corrected chi connectivity index (χ4v) is 1.96. The van der Waals surface area contributed by atoms with Gasteiger partial charge in [-0.25, -0.2) is 4.98 Å². The zero-order valence-corrected chi connectivity index (χ0v) is 12.4. The monoisotopic (exact) mass is 270 g/mol. The molecule has 0 saturated heterocycles. The fraction of sp³-hybridized carbons (Fsp3) is 0.353. The molecule has 0 bridgehead atoms. The van der Waals surface area contributed by atoms with Crippen LogP contribution in [0.2, 0.25) is 0 Å². The Morgan fingerprint density at radius 2 is 2.05 bits per heavy atom. The van der Waals surface area contributed by atoms with Gasteiger partial charge >= 0.3 is 0 Å². The topological polar surface area (TPSA) is 34.2 Å². The van der Waals surface area contributed by atoms with Crippen molar-refractivity contribution in [3.05, 3.63) is 53.7 Å². The van der Waals surface area contributed by atoms with Crippen LogP contribution in [0.1, 0.15) is 37.8 Å². The van der Waals surface area contributed by atoms with Gasteiger partial charge in [-0.05, 0) is 36.2 Å². The van der Waals surface area contributed by atoms with Crippen LogP contribution in [0.5, 0.6) is 11.6 Å². The lowest BCUT2D eigenvalue weighted by molar-refractivity contribution is 0.452. The zero-order chi connectivity index (χ0) is 14.4. The van der Waals surface area contributed by atoms with Crippen LogP contribution in [0.15, 0.2) is 42.6 Å². The standard InChI is InChI=1S/C17H22N2O/c1-4-18-12-15-8-6-10-19-17(15)20-16-9-5-7-14(11-16)13(2)3/h5-11,13,18H,4,12H2,1-3H3. The maximum atomic E-state index is 5.95. The minimum absolute atomic E-state index is 0.489. The Balaban J connectivity index is 2.19. The van der Waals surface area contributed by atoms with Gasteiger partial charge in [0, 0.05) is 18.3 Å². The van der Waals surface area contributed by atoms with E-state index in [9.17, 15) is 0 Å². The molecular weight excluding hydrogens is 248 g/mol. The molecule has 1 heterocycles. The summed E-state index contributed by atoms with van der Waals surface area (Å²) in [6.45, 7) is 8.14. The molecular formula is C17H22N2O. The van der Waals surface area contributed by atoms with E-state index in [1.165, 1.54) is 5.56 Å². The van der Waals surface area contributed by atoms with Crippen LogP contribution in [0, 0.1) is 0 Å². The van der Waals surface area contributed by atoms with Crippen LogP contribution in [0.4, 0.5) is 0 Å². The number of hydrogen-bond acceptors (Lipinski definition) is 3. The lowest BCUT2D eigenvalue weighted by atomic mass is 10.0. The molecule has 20 heavy (non-hydrogen) atoms. The molecule has 1 N–H and O–H groups in total. The average Bonchev–Trinajstić information content (AvgIpc) is 2.46. The van der Waals surface area contributed by atoms with Crippen molar-refractivity contribution < 1.29 is 4.74 Å². The smallest absolute Gasteiger partial charge is 0.223 e. The van der Waals surface area contributed by atoms with Crippen molar-refractivity contribution in [1.82, 2.24) is 10.3 Å². The molecule has 0 spiro atoms. The van der Waals surface area contributed by atoms with Crippen molar-refractivity contribution in [2.24, 2.45) is 0 Å². The van der Waals surface area contributed by atoms with Crippen LogP contribution in [0.25, 0.3) is 0 Å². The summed E-state index contributed by atoms with van der Waals surface area (Å²) in [5.41, 5.74) is 2.34. The van der Waals surface area contributed by atoms with E-state index in [1.54, 1.807) is 6.20 Å². The first-order chi connectivity index (χ1) is 9.70. The Hall–Kier alpha value is -1.87. The highest BCUT2D eigenvalue weighted by Gasteiger charge is 2.07. The highest BCUT2D eigenvalue weighted by Crippen LogP contribution is 2.26. The molecule has 3 nitrogen and oxygen atoms in total. The van der Waals surface area contributed by atoms with Crippen molar-refractivity contribution in [1.29, 1.82) is 0 Å². The molecule has 2 rings (SSSR count). The molecule has 2 aromatic rings. The fourth-order valence-electron chi connectivity index (χ4n) is 1.96. The second-order valence-corrected chi connectivity index (χ2v) is 5.08. The van der Waals surface area contributed by atoms with Crippen molar-refractivity contribution in [3.63, 3.8) is 0 Å². The van der Waals surface area contributed by atoms with Crippen molar-refractivity contribution >= 4 is 0 Å². The SMILES string of the molecule is CCNCc1cccnc1Oc1cccc(C(C)C)c1. The van der Waals surface area contributed by atoms with E-state index in [4.69, 9.17) is 4.74 Å². The van der Waals surface area contributed by atoms with Crippen LogP contribution in [-0.4, -0.2) is 11.5 Å². The number of rotatable bonds is 6. The summed E-state index contributed by atoms with van der Waals surface area (Å²) in [7, 11) is 0. The third-order valence-corrected chi connectivity index (χ3v) is 3.15. The van der Waals surface area contributed by atoms with Gasteiger partial charge < -0.3 is 10.1 Å². The summed E-state index contributed by atoms with van der Waals surface area (Å²) in [5.74, 6) is 2.01. The van der Waals surface area contributed by atoms with Gasteiger partial charge in [0.1, 0.15) is 5.75 Å². The number of hydrogen-bond donors (Lipinski definition) is 1. The molecule has 106 valence electrons. The van der Waals surface area contributed by atoms with Crippen LogP contribution < -0.4 is 10.1 Å². The third kappa shape index (κ3) is 3.81. The molecule has 0 aliphatic rings. The number of aromatic nitrogens is 1. The van der Waals surface area contributed by atoms with Gasteiger partial charge in [-0.1, -0.05) is 39.0 Å². The van der Waals surface area contributed by atoms with Crippen LogP contribution in [0.3, 0.4) is 0 Å². The Morgan fingerprint density at radius 3 is 2.80 bits per heavy atom. The maximum absolute atomic E-state index is 5.95. The minimum Gasteiger partial charge on any atom is -0.439 e. The van der Waals surface area contributed by atoms with Gasteiger partial charge in [-0.15, -0.1) is 0 Å². The number of nitrogens with zero attached hydrogens (tertiary/aromatic N) is 1. The second-order valence-electron chi connectivity index (χ2n) is 5.08. The molecule has 0 amide bonds. The van der Waals surface area contributed by atoms with Crippen LogP contribution >= 0.6 is 0 Å². The largest absolute Gasteiger partial charge is 0.439 e. The molecule has 0 saturated carbocycles. The number of pyridine rings is 1. The summed E-state index contributed by atoms with van der Waals surface area (Å²) in [6, 6.07) is 12.2. The molecule has 0 aliphatic carbocycles. The summed E-state index contributed by atoms with van der Waals surface area (Å²) < 4.78 is 5.95. The Bertz CT molecular complexity index is 552. The number of nitrogens with one attached hydrogen (secondary N) is 1. The summed E-state index contributed by atoms with van der Waals surface area (Å²) in [4.78, 5) is 4.34. The predicted octanol–water partition coefficient (Wildman–Crippen LogP) is 4.11. The van der Waals surface area contributed by atoms with Gasteiger partial charge in [0.15, 0.2) is 0 Å². The molecule has 3 heteroatoms. The normalized spacial score (nSPS) is 10.8. The average molecular weight is 270 g/mol. The Kier molecular flexibility index (Phi) is 5.13. The highest BCUT2D eigenvalue weighted by atomic mass is 16.5. The van der Waals surface area contributed by atoms with Crippen LogP contribution in [-0.2, 0) is 6.54 Å². The number of ether oxygens (including phenoxy) is 1. The van der Waals surface area contributed by atoms with E-state index in [1.807, 2.05) is 24.3 Å². The Labute approximate surface area is 121 Å². The lowest BCUT2D eigenvalue weighted by Gasteiger charge is -2.12. The van der Waals surface area contributed by atoms with Gasteiger partial charge in [0.2, 0.25) is 5.88 Å². The van der Waals surface area contributed by atoms with Crippen molar-refractivity contribution in [3.8, 4) is 11.6 Å². The molecule has 1 aromatic carbocycles. The van der Waals surface area contributed by atoms with Gasteiger partial charge in [-0.2, -0.15) is 0 Å². The summed E-state index contributed by atoms with van der Waals surface area (Å²) >= 11 is 0. The second kappa shape index (κ2) is 7.06. The molecule has 1 aromatic heterocycles. The molecule has 0 aliphatic heterocycles. The van der Waals surface area contributed by atoms with E-state index in [0.717, 1.165) is 24.4 Å². The zero-order valence-electron chi connectivity index (χ0n) is 12.4. The number of benzene rings is 1. The molecule has 0 fully saturated rings. The first-order valence-electron chi connectivity index (χ1n) is 7.13. The van der Waals surface area contributed by atoms with Gasteiger partial charge in [0.25, 0.3) is 0 Å². The van der Waals surface area contributed by atoms with Crippen molar-refractivity contribution in [2.45, 2.75) is 33.2 Å². The molecule has 0 radical (unpaired) electrons. The lowest BCUT2D eigenvalue weighted by Crippen LogP contribution is -2.12. The quantitative estimate of drug-likeness (QED) is 0.857. The van der Waals surface area contributed by atoms with Gasteiger partial charge in [-0.3, -0.25) is 0 Å². The van der Waals surface area contributed by atoms with Gasteiger partial charge in [0.05, 0.1) is 0 Å². The van der Waals surface area contributed by atoms with E-state index < -0.39 is 0 Å². The molecule has 0 atom stereocenters. The molecule has 0 unspecified atom stereocenters. The van der Waals surface area contributed by atoms with E-state index in [-0.39, 0.29) is 0 Å². The predicted molar refractivity (Wildman–Crippen MR) is 82.2 cm³/mol. The first kappa shape index (κ1) is 14.5. The Morgan fingerprint density at radius 1 is 1.20 bits per heavy atom. The first-order valence-corrected chi connectivity index (χ1v) is 7.13. The third-order valence-electron chi connectivity index (χ3n) is 3.15. The summed E-state index contributed by atoms with van der Waals surface area (Å²) in [5, 5.41) is 3.30. The maximum Gasteiger partial charge on any atom is 0.223 e.